The van der Waals surface area contributed by atoms with Crippen molar-refractivity contribution in [3.05, 3.63) is 0 Å². The average molecular weight is 277 g/mol. The number of carbonyl (C=O) groups is 1. The van der Waals surface area contributed by atoms with Gasteiger partial charge < -0.3 is 15.4 Å². The van der Waals surface area contributed by atoms with Gasteiger partial charge in [-0.3, -0.25) is 0 Å². The average Bonchev–Trinajstić information content (AvgIpc) is 2.39. The standard InChI is InChI=1S/C13H24N2O2.ClH/c16-13(15-11-6-2-1-3-7-11)17-10-12-8-4-5-9-14-12;/h11-12,14H,1-10H2,(H,15,16);1H. The molecule has 1 amide bonds. The van der Waals surface area contributed by atoms with Gasteiger partial charge in [0, 0.05) is 12.1 Å². The van der Waals surface area contributed by atoms with Crippen LogP contribution in [0.15, 0.2) is 0 Å². The van der Waals surface area contributed by atoms with Crippen molar-refractivity contribution in [3.8, 4) is 0 Å². The molecule has 5 heteroatoms. The monoisotopic (exact) mass is 276 g/mol. The van der Waals surface area contributed by atoms with Crippen LogP contribution in [-0.4, -0.2) is 31.3 Å². The van der Waals surface area contributed by atoms with Crippen LogP contribution in [0.3, 0.4) is 0 Å². The number of rotatable bonds is 3. The fourth-order valence-electron chi connectivity index (χ4n) is 2.70. The maximum absolute atomic E-state index is 11.6. The van der Waals surface area contributed by atoms with Crippen LogP contribution < -0.4 is 10.6 Å². The van der Waals surface area contributed by atoms with Crippen molar-refractivity contribution in [2.75, 3.05) is 13.2 Å². The predicted octanol–water partition coefficient (Wildman–Crippen LogP) is 2.61. The summed E-state index contributed by atoms with van der Waals surface area (Å²) >= 11 is 0. The van der Waals surface area contributed by atoms with Crippen LogP contribution in [0.5, 0.6) is 0 Å². The quantitative estimate of drug-likeness (QED) is 0.833. The van der Waals surface area contributed by atoms with Crippen LogP contribution in [0.4, 0.5) is 4.79 Å². The highest BCUT2D eigenvalue weighted by Crippen LogP contribution is 2.17. The third-order valence-electron chi connectivity index (χ3n) is 3.76. The molecule has 1 heterocycles. The second kappa shape index (κ2) is 8.59. The Labute approximate surface area is 116 Å². The van der Waals surface area contributed by atoms with Gasteiger partial charge in [-0.2, -0.15) is 0 Å². The van der Waals surface area contributed by atoms with Crippen molar-refractivity contribution in [2.24, 2.45) is 0 Å². The molecule has 1 saturated heterocycles. The zero-order chi connectivity index (χ0) is 11.9. The largest absolute Gasteiger partial charge is 0.448 e. The first-order valence-corrected chi connectivity index (χ1v) is 7.01. The molecule has 2 aliphatic rings. The molecule has 1 saturated carbocycles. The number of nitrogens with one attached hydrogen (secondary N) is 2. The van der Waals surface area contributed by atoms with Crippen molar-refractivity contribution in [3.63, 3.8) is 0 Å². The van der Waals surface area contributed by atoms with Gasteiger partial charge in [0.15, 0.2) is 0 Å². The Balaban J connectivity index is 0.00000162. The number of hydrogen-bond donors (Lipinski definition) is 2. The van der Waals surface area contributed by atoms with Crippen molar-refractivity contribution in [1.82, 2.24) is 10.6 Å². The smallest absolute Gasteiger partial charge is 0.407 e. The van der Waals surface area contributed by atoms with E-state index >= 15 is 0 Å². The molecule has 0 radical (unpaired) electrons. The Bertz CT molecular complexity index is 239. The van der Waals surface area contributed by atoms with Gasteiger partial charge in [-0.1, -0.05) is 25.7 Å². The summed E-state index contributed by atoms with van der Waals surface area (Å²) < 4.78 is 5.27. The van der Waals surface area contributed by atoms with E-state index in [2.05, 4.69) is 10.6 Å². The number of halogens is 1. The Morgan fingerprint density at radius 2 is 1.83 bits per heavy atom. The molecule has 0 aromatic heterocycles. The summed E-state index contributed by atoms with van der Waals surface area (Å²) in [4.78, 5) is 11.6. The van der Waals surface area contributed by atoms with Gasteiger partial charge in [-0.25, -0.2) is 4.79 Å². The summed E-state index contributed by atoms with van der Waals surface area (Å²) in [6.45, 7) is 1.57. The van der Waals surface area contributed by atoms with Crippen LogP contribution in [0.2, 0.25) is 0 Å². The number of alkyl carbamates (subject to hydrolysis) is 1. The van der Waals surface area contributed by atoms with Crippen LogP contribution in [0.1, 0.15) is 51.4 Å². The number of ether oxygens (including phenoxy) is 1. The molecule has 0 bridgehead atoms. The van der Waals surface area contributed by atoms with Gasteiger partial charge in [0.2, 0.25) is 0 Å². The Kier molecular flexibility index (Phi) is 7.44. The second-order valence-corrected chi connectivity index (χ2v) is 5.22. The molecule has 4 nitrogen and oxygen atoms in total. The second-order valence-electron chi connectivity index (χ2n) is 5.22. The molecule has 2 rings (SSSR count). The van der Waals surface area contributed by atoms with E-state index in [0.29, 0.717) is 18.7 Å². The van der Waals surface area contributed by atoms with Crippen LogP contribution in [0, 0.1) is 0 Å². The summed E-state index contributed by atoms with van der Waals surface area (Å²) in [6.07, 6.45) is 9.35. The van der Waals surface area contributed by atoms with E-state index in [9.17, 15) is 4.79 Å². The minimum Gasteiger partial charge on any atom is -0.448 e. The molecule has 0 spiro atoms. The molecule has 106 valence electrons. The highest BCUT2D eigenvalue weighted by Gasteiger charge is 2.18. The lowest BCUT2D eigenvalue weighted by atomic mass is 9.96. The van der Waals surface area contributed by atoms with Gasteiger partial charge in [-0.15, -0.1) is 12.4 Å². The summed E-state index contributed by atoms with van der Waals surface area (Å²) in [5.74, 6) is 0. The fourth-order valence-corrected chi connectivity index (χ4v) is 2.70. The molecule has 1 unspecified atom stereocenters. The predicted molar refractivity (Wildman–Crippen MR) is 74.2 cm³/mol. The van der Waals surface area contributed by atoms with Crippen molar-refractivity contribution in [1.29, 1.82) is 0 Å². The van der Waals surface area contributed by atoms with E-state index in [0.717, 1.165) is 25.8 Å². The summed E-state index contributed by atoms with van der Waals surface area (Å²) in [5.41, 5.74) is 0. The molecule has 1 atom stereocenters. The number of carbonyl (C=O) groups excluding carboxylic acids is 1. The molecule has 18 heavy (non-hydrogen) atoms. The summed E-state index contributed by atoms with van der Waals surface area (Å²) in [6, 6.07) is 0.705. The maximum atomic E-state index is 11.6. The fraction of sp³-hybridized carbons (Fsp3) is 0.923. The van der Waals surface area contributed by atoms with Crippen LogP contribution in [-0.2, 0) is 4.74 Å². The Morgan fingerprint density at radius 1 is 1.11 bits per heavy atom. The van der Waals surface area contributed by atoms with Gasteiger partial charge in [-0.05, 0) is 32.2 Å². The normalized spacial score (nSPS) is 25.0. The Morgan fingerprint density at radius 3 is 2.50 bits per heavy atom. The van der Waals surface area contributed by atoms with Crippen LogP contribution in [0.25, 0.3) is 0 Å². The molecule has 0 aromatic rings. The zero-order valence-electron chi connectivity index (χ0n) is 11.0. The Hall–Kier alpha value is -0.480. The van der Waals surface area contributed by atoms with E-state index in [1.54, 1.807) is 0 Å². The van der Waals surface area contributed by atoms with Crippen molar-refractivity contribution < 1.29 is 9.53 Å². The van der Waals surface area contributed by atoms with E-state index in [1.165, 1.54) is 32.1 Å². The van der Waals surface area contributed by atoms with E-state index in [4.69, 9.17) is 4.74 Å². The lowest BCUT2D eigenvalue weighted by Gasteiger charge is -2.25. The number of amides is 1. The third-order valence-corrected chi connectivity index (χ3v) is 3.76. The van der Waals surface area contributed by atoms with E-state index < -0.39 is 0 Å². The van der Waals surface area contributed by atoms with Crippen LogP contribution >= 0.6 is 12.4 Å². The van der Waals surface area contributed by atoms with Gasteiger partial charge in [0.1, 0.15) is 6.61 Å². The highest BCUT2D eigenvalue weighted by atomic mass is 35.5. The molecule has 2 fully saturated rings. The molecule has 0 aromatic carbocycles. The maximum Gasteiger partial charge on any atom is 0.407 e. The summed E-state index contributed by atoms with van der Waals surface area (Å²) in [7, 11) is 0. The van der Waals surface area contributed by atoms with Crippen molar-refractivity contribution in [2.45, 2.75) is 63.5 Å². The minimum atomic E-state index is -0.232. The number of hydrogen-bond acceptors (Lipinski definition) is 3. The lowest BCUT2D eigenvalue weighted by molar-refractivity contribution is 0.122. The number of piperidine rings is 1. The summed E-state index contributed by atoms with van der Waals surface area (Å²) in [5, 5.41) is 6.34. The third kappa shape index (κ3) is 5.44. The first kappa shape index (κ1) is 15.6. The van der Waals surface area contributed by atoms with E-state index in [1.807, 2.05) is 0 Å². The topological polar surface area (TPSA) is 50.4 Å². The lowest BCUT2D eigenvalue weighted by Crippen LogP contribution is -2.41. The van der Waals surface area contributed by atoms with E-state index in [-0.39, 0.29) is 18.5 Å². The highest BCUT2D eigenvalue weighted by molar-refractivity contribution is 5.85. The van der Waals surface area contributed by atoms with Gasteiger partial charge in [0.25, 0.3) is 0 Å². The van der Waals surface area contributed by atoms with Crippen molar-refractivity contribution >= 4 is 18.5 Å². The zero-order valence-corrected chi connectivity index (χ0v) is 11.8. The first-order chi connectivity index (χ1) is 8.34. The molecular weight excluding hydrogens is 252 g/mol. The minimum absolute atomic E-state index is 0. The first-order valence-electron chi connectivity index (χ1n) is 7.01. The van der Waals surface area contributed by atoms with Gasteiger partial charge in [0.05, 0.1) is 0 Å². The molecule has 2 N–H and O–H groups in total. The molecular formula is C13H25ClN2O2. The molecule has 1 aliphatic heterocycles. The van der Waals surface area contributed by atoms with Gasteiger partial charge >= 0.3 is 6.09 Å². The SMILES string of the molecule is Cl.O=C(NC1CCCCC1)OCC1CCCCN1. The molecule has 1 aliphatic carbocycles.